The largest absolute Gasteiger partial charge is 0.495 e. The van der Waals surface area contributed by atoms with Crippen molar-refractivity contribution in [2.45, 2.75) is 38.0 Å². The van der Waals surface area contributed by atoms with E-state index in [-0.39, 0.29) is 34.9 Å². The number of rotatable bonds is 10. The third-order valence-electron chi connectivity index (χ3n) is 5.72. The molecular weight excluding hydrogens is 512 g/mol. The van der Waals surface area contributed by atoms with Gasteiger partial charge in [0.25, 0.3) is 10.0 Å². The van der Waals surface area contributed by atoms with Gasteiger partial charge in [-0.3, -0.25) is 9.10 Å². The van der Waals surface area contributed by atoms with Crippen molar-refractivity contribution in [2.24, 2.45) is 0 Å². The quantitative estimate of drug-likeness (QED) is 0.348. The zero-order valence-electron chi connectivity index (χ0n) is 21.7. The predicted molar refractivity (Wildman–Crippen MR) is 147 cm³/mol. The van der Waals surface area contributed by atoms with Gasteiger partial charge in [0.15, 0.2) is 0 Å². The number of anilines is 1. The first-order chi connectivity index (χ1) is 17.4. The highest BCUT2D eigenvalue weighted by Gasteiger charge is 2.29. The van der Waals surface area contributed by atoms with E-state index in [9.17, 15) is 13.2 Å². The Kier molecular flexibility index (Phi) is 9.10. The molecule has 0 saturated carbocycles. The average molecular weight is 545 g/mol. The number of benzene rings is 3. The molecule has 0 aromatic heterocycles. The van der Waals surface area contributed by atoms with E-state index in [0.717, 1.165) is 9.87 Å². The molecule has 37 heavy (non-hydrogen) atoms. The normalized spacial score (nSPS) is 11.6. The van der Waals surface area contributed by atoms with Gasteiger partial charge >= 0.3 is 0 Å². The van der Waals surface area contributed by atoms with Crippen LogP contribution in [0.4, 0.5) is 5.69 Å². The Morgan fingerprint density at radius 3 is 2.24 bits per heavy atom. The molecule has 198 valence electrons. The van der Waals surface area contributed by atoms with Crippen molar-refractivity contribution in [3.63, 3.8) is 0 Å². The lowest BCUT2D eigenvalue weighted by molar-refractivity contribution is -0.119. The van der Waals surface area contributed by atoms with E-state index < -0.39 is 22.5 Å². The van der Waals surface area contributed by atoms with Crippen molar-refractivity contribution in [3.8, 4) is 11.5 Å². The lowest BCUT2D eigenvalue weighted by atomic mass is 9.87. The van der Waals surface area contributed by atoms with Gasteiger partial charge in [-0.2, -0.15) is 0 Å². The van der Waals surface area contributed by atoms with Crippen LogP contribution in [0.1, 0.15) is 31.9 Å². The number of ether oxygens (including phenoxy) is 2. The first-order valence-corrected chi connectivity index (χ1v) is 13.7. The molecule has 3 aromatic carbocycles. The van der Waals surface area contributed by atoms with Gasteiger partial charge in [0, 0.05) is 5.02 Å². The number of carbonyl (C=O) groups is 1. The number of nitrogens with zero attached hydrogens (tertiary/aromatic N) is 1. The van der Waals surface area contributed by atoms with Crippen molar-refractivity contribution in [2.75, 3.05) is 31.1 Å². The van der Waals surface area contributed by atoms with Gasteiger partial charge in [0.05, 0.1) is 24.2 Å². The van der Waals surface area contributed by atoms with Crippen LogP contribution in [-0.4, -0.2) is 41.1 Å². The number of nitrogens with one attached hydrogen (secondary N) is 1. The average Bonchev–Trinajstić information content (AvgIpc) is 2.85. The topological polar surface area (TPSA) is 84.9 Å². The molecule has 9 heteroatoms. The molecule has 0 aliphatic rings. The smallest absolute Gasteiger partial charge is 0.264 e. The molecular formula is C28H33ClN2O5S. The maximum absolute atomic E-state index is 13.6. The fourth-order valence-corrected chi connectivity index (χ4v) is 5.18. The Morgan fingerprint density at radius 2 is 1.65 bits per heavy atom. The van der Waals surface area contributed by atoms with E-state index in [0.29, 0.717) is 10.8 Å². The summed E-state index contributed by atoms with van der Waals surface area (Å²) in [5, 5.41) is 3.04. The summed E-state index contributed by atoms with van der Waals surface area (Å²) in [5.41, 5.74) is 2.32. The third kappa shape index (κ3) is 7.40. The van der Waals surface area contributed by atoms with Crippen LogP contribution in [0.15, 0.2) is 71.6 Å². The zero-order chi connectivity index (χ0) is 27.2. The fraction of sp³-hybridized carbons (Fsp3) is 0.321. The number of carbonyl (C=O) groups excluding carboxylic acids is 1. The van der Waals surface area contributed by atoms with Gasteiger partial charge in [-0.15, -0.1) is 0 Å². The number of methoxy groups -OCH3 is 1. The van der Waals surface area contributed by atoms with Crippen LogP contribution in [0.25, 0.3) is 0 Å². The van der Waals surface area contributed by atoms with Crippen LogP contribution in [0.5, 0.6) is 11.5 Å². The second-order valence-corrected chi connectivity index (χ2v) is 11.9. The van der Waals surface area contributed by atoms with Crippen LogP contribution in [-0.2, 0) is 20.2 Å². The van der Waals surface area contributed by atoms with Crippen LogP contribution < -0.4 is 19.1 Å². The molecule has 0 atom stereocenters. The Morgan fingerprint density at radius 1 is 1.00 bits per heavy atom. The van der Waals surface area contributed by atoms with Crippen LogP contribution in [0, 0.1) is 6.92 Å². The minimum atomic E-state index is -4.10. The van der Waals surface area contributed by atoms with Gasteiger partial charge in [0.1, 0.15) is 24.7 Å². The standard InChI is InChI=1S/C28H33ClN2O5S/c1-20-6-13-24(14-7-20)37(33,34)31(25-18-22(29)10-15-26(25)35-5)19-27(32)30-16-17-36-23-11-8-21(9-12-23)28(2,3)4/h6-15,18H,16-17,19H2,1-5H3,(H,30,32). The van der Waals surface area contributed by atoms with Gasteiger partial charge in [0.2, 0.25) is 5.91 Å². The lowest BCUT2D eigenvalue weighted by Gasteiger charge is -2.26. The minimum Gasteiger partial charge on any atom is -0.495 e. The van der Waals surface area contributed by atoms with Gasteiger partial charge in [-0.25, -0.2) is 8.42 Å². The summed E-state index contributed by atoms with van der Waals surface area (Å²) in [4.78, 5) is 12.9. The second-order valence-electron chi connectivity index (χ2n) is 9.61. The van der Waals surface area contributed by atoms with Crippen molar-refractivity contribution in [1.82, 2.24) is 5.32 Å². The highest BCUT2D eigenvalue weighted by atomic mass is 35.5. The van der Waals surface area contributed by atoms with E-state index in [4.69, 9.17) is 21.1 Å². The van der Waals surface area contributed by atoms with Gasteiger partial charge < -0.3 is 14.8 Å². The summed E-state index contributed by atoms with van der Waals surface area (Å²) in [6.07, 6.45) is 0. The Labute approximate surface area is 224 Å². The Balaban J connectivity index is 1.73. The molecule has 3 aromatic rings. The lowest BCUT2D eigenvalue weighted by Crippen LogP contribution is -2.42. The number of aryl methyl sites for hydroxylation is 1. The van der Waals surface area contributed by atoms with E-state index in [2.05, 4.69) is 26.1 Å². The van der Waals surface area contributed by atoms with E-state index in [1.54, 1.807) is 24.3 Å². The third-order valence-corrected chi connectivity index (χ3v) is 7.73. The first kappa shape index (κ1) is 28.3. The minimum absolute atomic E-state index is 0.0446. The first-order valence-electron chi connectivity index (χ1n) is 11.8. The van der Waals surface area contributed by atoms with E-state index in [1.807, 2.05) is 31.2 Å². The summed E-state index contributed by atoms with van der Waals surface area (Å²) in [6.45, 7) is 8.24. The Hall–Kier alpha value is -3.23. The molecule has 0 fully saturated rings. The van der Waals surface area contributed by atoms with Gasteiger partial charge in [-0.1, -0.05) is 62.2 Å². The van der Waals surface area contributed by atoms with Crippen LogP contribution >= 0.6 is 11.6 Å². The zero-order valence-corrected chi connectivity index (χ0v) is 23.3. The maximum Gasteiger partial charge on any atom is 0.264 e. The molecule has 0 unspecified atom stereocenters. The molecule has 0 spiro atoms. The molecule has 1 amide bonds. The number of hydrogen-bond acceptors (Lipinski definition) is 5. The summed E-state index contributed by atoms with van der Waals surface area (Å²) < 4.78 is 39.3. The molecule has 0 aliphatic carbocycles. The van der Waals surface area contributed by atoms with Crippen LogP contribution in [0.3, 0.4) is 0 Å². The summed E-state index contributed by atoms with van der Waals surface area (Å²) in [5.74, 6) is 0.466. The highest BCUT2D eigenvalue weighted by Crippen LogP contribution is 2.34. The maximum atomic E-state index is 13.6. The highest BCUT2D eigenvalue weighted by molar-refractivity contribution is 7.92. The van der Waals surface area contributed by atoms with E-state index in [1.165, 1.54) is 30.9 Å². The fourth-order valence-electron chi connectivity index (χ4n) is 3.59. The summed E-state index contributed by atoms with van der Waals surface area (Å²) in [7, 11) is -2.68. The molecule has 0 bridgehead atoms. The molecule has 0 aliphatic heterocycles. The van der Waals surface area contributed by atoms with Crippen molar-refractivity contribution in [1.29, 1.82) is 0 Å². The molecule has 7 nitrogen and oxygen atoms in total. The second kappa shape index (κ2) is 11.9. The molecule has 0 radical (unpaired) electrons. The SMILES string of the molecule is COc1ccc(Cl)cc1N(CC(=O)NCCOc1ccc(C(C)(C)C)cc1)S(=O)(=O)c1ccc(C)cc1. The van der Waals surface area contributed by atoms with Crippen molar-refractivity contribution >= 4 is 33.2 Å². The number of sulfonamides is 1. The number of halogens is 1. The predicted octanol–water partition coefficient (Wildman–Crippen LogP) is 5.35. The Bertz CT molecular complexity index is 1320. The molecule has 0 heterocycles. The van der Waals surface area contributed by atoms with Crippen LogP contribution in [0.2, 0.25) is 5.02 Å². The number of amides is 1. The molecule has 1 N–H and O–H groups in total. The molecule has 0 saturated heterocycles. The van der Waals surface area contributed by atoms with Gasteiger partial charge in [-0.05, 0) is 60.4 Å². The van der Waals surface area contributed by atoms with E-state index >= 15 is 0 Å². The number of hydrogen-bond donors (Lipinski definition) is 1. The van der Waals surface area contributed by atoms with Crippen molar-refractivity contribution < 1.29 is 22.7 Å². The van der Waals surface area contributed by atoms with Crippen molar-refractivity contribution in [3.05, 3.63) is 82.9 Å². The monoisotopic (exact) mass is 544 g/mol. The molecule has 3 rings (SSSR count). The summed E-state index contributed by atoms with van der Waals surface area (Å²) in [6, 6.07) is 18.8. The summed E-state index contributed by atoms with van der Waals surface area (Å²) >= 11 is 6.17.